The lowest BCUT2D eigenvalue weighted by atomic mass is 10.2. The van der Waals surface area contributed by atoms with Gasteiger partial charge in [-0.15, -0.1) is 11.3 Å². The SMILES string of the molecule is Nc1c(NCC2CCCS2(=O)=O)ccc2scnc12. The zero-order chi connectivity index (χ0) is 13.5. The number of sulfone groups is 1. The molecule has 0 bridgehead atoms. The van der Waals surface area contributed by atoms with Crippen molar-refractivity contribution >= 4 is 42.8 Å². The fourth-order valence-electron chi connectivity index (χ4n) is 2.42. The van der Waals surface area contributed by atoms with E-state index in [-0.39, 0.29) is 5.25 Å². The number of nitrogens with one attached hydrogen (secondary N) is 1. The van der Waals surface area contributed by atoms with Crippen molar-refractivity contribution in [1.82, 2.24) is 4.98 Å². The Bertz CT molecular complexity index is 709. The summed E-state index contributed by atoms with van der Waals surface area (Å²) in [5.74, 6) is 0.306. The molecule has 2 aromatic rings. The number of nitrogens with zero attached hydrogens (tertiary/aromatic N) is 1. The van der Waals surface area contributed by atoms with Crippen LogP contribution < -0.4 is 11.1 Å². The number of anilines is 2. The van der Waals surface area contributed by atoms with Crippen LogP contribution >= 0.6 is 11.3 Å². The summed E-state index contributed by atoms with van der Waals surface area (Å²) in [6.07, 6.45) is 1.49. The van der Waals surface area contributed by atoms with Gasteiger partial charge in [0.25, 0.3) is 0 Å². The fraction of sp³-hybridized carbons (Fsp3) is 0.417. The molecule has 1 atom stereocenters. The smallest absolute Gasteiger partial charge is 0.154 e. The third-order valence-corrected chi connectivity index (χ3v) is 6.59. The van der Waals surface area contributed by atoms with E-state index < -0.39 is 9.84 Å². The molecule has 1 aliphatic rings. The molecule has 5 nitrogen and oxygen atoms in total. The molecular formula is C12H15N3O2S2. The molecule has 0 saturated carbocycles. The number of fused-ring (bicyclic) bond motifs is 1. The van der Waals surface area contributed by atoms with Crippen LogP contribution in [0.25, 0.3) is 10.2 Å². The summed E-state index contributed by atoms with van der Waals surface area (Å²) in [6, 6.07) is 3.84. The third-order valence-electron chi connectivity index (χ3n) is 3.52. The number of hydrogen-bond acceptors (Lipinski definition) is 6. The van der Waals surface area contributed by atoms with Gasteiger partial charge in [-0.2, -0.15) is 0 Å². The molecule has 1 saturated heterocycles. The molecule has 0 radical (unpaired) electrons. The number of rotatable bonds is 3. The van der Waals surface area contributed by atoms with E-state index in [4.69, 9.17) is 5.73 Å². The Hall–Kier alpha value is -1.34. The average Bonchev–Trinajstić information content (AvgIpc) is 2.95. The Morgan fingerprint density at radius 2 is 2.32 bits per heavy atom. The molecule has 19 heavy (non-hydrogen) atoms. The molecule has 1 fully saturated rings. The van der Waals surface area contributed by atoms with Gasteiger partial charge in [0.15, 0.2) is 9.84 Å². The minimum atomic E-state index is -2.92. The number of thiazole rings is 1. The highest BCUT2D eigenvalue weighted by atomic mass is 32.2. The van der Waals surface area contributed by atoms with Crippen LogP contribution in [0, 0.1) is 0 Å². The van der Waals surface area contributed by atoms with Crippen LogP contribution in [0.2, 0.25) is 0 Å². The van der Waals surface area contributed by atoms with Gasteiger partial charge in [-0.3, -0.25) is 0 Å². The molecular weight excluding hydrogens is 282 g/mol. The van der Waals surface area contributed by atoms with Crippen molar-refractivity contribution in [2.45, 2.75) is 18.1 Å². The first-order valence-corrected chi connectivity index (χ1v) is 8.74. The Morgan fingerprint density at radius 1 is 1.47 bits per heavy atom. The highest BCUT2D eigenvalue weighted by Crippen LogP contribution is 2.30. The molecule has 1 unspecified atom stereocenters. The number of nitrogen functional groups attached to an aromatic ring is 1. The van der Waals surface area contributed by atoms with Gasteiger partial charge in [0.05, 0.1) is 32.6 Å². The summed E-state index contributed by atoms with van der Waals surface area (Å²) in [4.78, 5) is 4.22. The van der Waals surface area contributed by atoms with Crippen molar-refractivity contribution in [2.24, 2.45) is 0 Å². The predicted molar refractivity (Wildman–Crippen MR) is 79.3 cm³/mol. The highest BCUT2D eigenvalue weighted by molar-refractivity contribution is 7.92. The van der Waals surface area contributed by atoms with E-state index in [9.17, 15) is 8.42 Å². The van der Waals surface area contributed by atoms with Gasteiger partial charge >= 0.3 is 0 Å². The maximum absolute atomic E-state index is 11.8. The molecule has 3 N–H and O–H groups in total. The van der Waals surface area contributed by atoms with Crippen molar-refractivity contribution in [3.05, 3.63) is 17.6 Å². The van der Waals surface area contributed by atoms with Crippen LogP contribution in [0.3, 0.4) is 0 Å². The summed E-state index contributed by atoms with van der Waals surface area (Å²) in [5, 5.41) is 2.86. The van der Waals surface area contributed by atoms with Crippen LogP contribution in [-0.4, -0.2) is 30.9 Å². The molecule has 0 amide bonds. The number of benzene rings is 1. The van der Waals surface area contributed by atoms with E-state index in [1.54, 1.807) is 5.51 Å². The molecule has 0 aliphatic carbocycles. The lowest BCUT2D eigenvalue weighted by molar-refractivity contribution is 0.591. The van der Waals surface area contributed by atoms with Gasteiger partial charge in [-0.1, -0.05) is 0 Å². The molecule has 102 valence electrons. The Labute approximate surface area is 115 Å². The molecule has 7 heteroatoms. The predicted octanol–water partition coefficient (Wildman–Crippen LogP) is 1.87. The minimum Gasteiger partial charge on any atom is -0.395 e. The summed E-state index contributed by atoms with van der Waals surface area (Å²) < 4.78 is 24.6. The lowest BCUT2D eigenvalue weighted by Gasteiger charge is -2.13. The van der Waals surface area contributed by atoms with Crippen molar-refractivity contribution in [3.63, 3.8) is 0 Å². The standard InChI is InChI=1S/C12H15N3O2S2/c13-11-9(3-4-10-12(11)15-7-18-10)14-6-8-2-1-5-19(8,16)17/h3-4,7-8,14H,1-2,5-6,13H2. The van der Waals surface area contributed by atoms with Gasteiger partial charge in [0.2, 0.25) is 0 Å². The Morgan fingerprint density at radius 3 is 3.05 bits per heavy atom. The van der Waals surface area contributed by atoms with E-state index >= 15 is 0 Å². The maximum Gasteiger partial charge on any atom is 0.154 e. The van der Waals surface area contributed by atoms with Crippen LogP contribution in [0.1, 0.15) is 12.8 Å². The Balaban J connectivity index is 1.80. The lowest BCUT2D eigenvalue weighted by Crippen LogP contribution is -2.25. The second kappa shape index (κ2) is 4.64. The number of hydrogen-bond donors (Lipinski definition) is 2. The molecule has 2 heterocycles. The van der Waals surface area contributed by atoms with Gasteiger partial charge in [0.1, 0.15) is 5.52 Å². The quantitative estimate of drug-likeness (QED) is 0.845. The number of nitrogens with two attached hydrogens (primary N) is 1. The van der Waals surface area contributed by atoms with Crippen LogP contribution in [0.4, 0.5) is 11.4 Å². The van der Waals surface area contributed by atoms with E-state index in [1.807, 2.05) is 12.1 Å². The zero-order valence-electron chi connectivity index (χ0n) is 10.3. The van der Waals surface area contributed by atoms with E-state index in [0.29, 0.717) is 18.0 Å². The fourth-order valence-corrected chi connectivity index (χ4v) is 4.88. The molecule has 3 rings (SSSR count). The van der Waals surface area contributed by atoms with Crippen LogP contribution in [0.5, 0.6) is 0 Å². The maximum atomic E-state index is 11.8. The topological polar surface area (TPSA) is 85.1 Å². The molecule has 0 spiro atoms. The van der Waals surface area contributed by atoms with Crippen LogP contribution in [0.15, 0.2) is 17.6 Å². The van der Waals surface area contributed by atoms with Gasteiger partial charge in [0, 0.05) is 6.54 Å². The largest absolute Gasteiger partial charge is 0.395 e. The number of aromatic nitrogens is 1. The summed E-state index contributed by atoms with van der Waals surface area (Å²) in [6.45, 7) is 0.419. The zero-order valence-corrected chi connectivity index (χ0v) is 11.9. The van der Waals surface area contributed by atoms with Gasteiger partial charge in [-0.05, 0) is 25.0 Å². The second-order valence-electron chi connectivity index (χ2n) is 4.74. The first kappa shape index (κ1) is 12.7. The van der Waals surface area contributed by atoms with Crippen molar-refractivity contribution in [2.75, 3.05) is 23.3 Å². The molecule has 1 aromatic heterocycles. The van der Waals surface area contributed by atoms with Crippen molar-refractivity contribution < 1.29 is 8.42 Å². The monoisotopic (exact) mass is 297 g/mol. The normalized spacial score (nSPS) is 21.8. The third kappa shape index (κ3) is 2.28. The second-order valence-corrected chi connectivity index (χ2v) is 8.03. The summed E-state index contributed by atoms with van der Waals surface area (Å²) in [7, 11) is -2.92. The summed E-state index contributed by atoms with van der Waals surface area (Å²) in [5.41, 5.74) is 9.94. The minimum absolute atomic E-state index is 0.293. The first-order valence-electron chi connectivity index (χ1n) is 6.15. The summed E-state index contributed by atoms with van der Waals surface area (Å²) >= 11 is 1.54. The highest BCUT2D eigenvalue weighted by Gasteiger charge is 2.30. The Kier molecular flexibility index (Phi) is 3.10. The molecule has 1 aromatic carbocycles. The first-order chi connectivity index (χ1) is 9.08. The van der Waals surface area contributed by atoms with E-state index in [2.05, 4.69) is 10.3 Å². The van der Waals surface area contributed by atoms with Gasteiger partial charge in [-0.25, -0.2) is 13.4 Å². The average molecular weight is 297 g/mol. The van der Waals surface area contributed by atoms with Crippen molar-refractivity contribution in [3.8, 4) is 0 Å². The van der Waals surface area contributed by atoms with E-state index in [1.165, 1.54) is 11.3 Å². The van der Waals surface area contributed by atoms with Crippen LogP contribution in [-0.2, 0) is 9.84 Å². The van der Waals surface area contributed by atoms with Crippen molar-refractivity contribution in [1.29, 1.82) is 0 Å². The van der Waals surface area contributed by atoms with E-state index in [0.717, 1.165) is 28.7 Å². The molecule has 1 aliphatic heterocycles. The van der Waals surface area contributed by atoms with Gasteiger partial charge < -0.3 is 11.1 Å².